The van der Waals surface area contributed by atoms with Gasteiger partial charge >= 0.3 is 0 Å². The number of nitrogens with two attached hydrogens (primary N) is 1. The van der Waals surface area contributed by atoms with Gasteiger partial charge in [0, 0.05) is 18.5 Å². The molecule has 1 aromatic carbocycles. The fraction of sp³-hybridized carbons (Fsp3) is 0.250. The van der Waals surface area contributed by atoms with Crippen LogP contribution in [-0.4, -0.2) is 37.1 Å². The van der Waals surface area contributed by atoms with Gasteiger partial charge in [-0.05, 0) is 37.1 Å². The molecular weight excluding hydrogens is 406 g/mol. The van der Waals surface area contributed by atoms with Crippen molar-refractivity contribution in [3.8, 4) is 16.3 Å². The highest BCUT2D eigenvalue weighted by Gasteiger charge is 2.12. The number of hydrogen-bond acceptors (Lipinski definition) is 6. The average molecular weight is 430 g/mol. The van der Waals surface area contributed by atoms with Crippen molar-refractivity contribution in [2.75, 3.05) is 25.5 Å². The molecule has 0 saturated carbocycles. The number of para-hydroxylation sites is 1. The first kappa shape index (κ1) is 20.8. The smallest absolute Gasteiger partial charge is 0.261 e. The number of nitrogens with one attached hydrogen (secondary N) is 2. The fourth-order valence-corrected chi connectivity index (χ4v) is 4.32. The Hall–Kier alpha value is -2.91. The summed E-state index contributed by atoms with van der Waals surface area (Å²) < 4.78 is 5.35. The summed E-state index contributed by atoms with van der Waals surface area (Å²) in [6, 6.07) is 11.6. The lowest BCUT2D eigenvalue weighted by Crippen LogP contribution is -2.23. The van der Waals surface area contributed by atoms with E-state index in [9.17, 15) is 4.79 Å². The number of aromatic nitrogens is 1. The second-order valence-electron chi connectivity index (χ2n) is 6.02. The molecule has 0 spiro atoms. The Balaban J connectivity index is 1.58. The van der Waals surface area contributed by atoms with E-state index in [1.165, 1.54) is 22.7 Å². The minimum absolute atomic E-state index is 0.0660. The van der Waals surface area contributed by atoms with Crippen LogP contribution in [0.15, 0.2) is 46.8 Å². The van der Waals surface area contributed by atoms with Crippen molar-refractivity contribution in [1.29, 1.82) is 0 Å². The van der Waals surface area contributed by atoms with E-state index in [1.807, 2.05) is 48.7 Å². The number of methoxy groups -OCH3 is 1. The molecule has 152 valence electrons. The lowest BCUT2D eigenvalue weighted by atomic mass is 10.1. The Morgan fingerprint density at radius 1 is 1.28 bits per heavy atom. The number of aliphatic imine (C=N–C) groups is 1. The number of benzene rings is 1. The maximum atomic E-state index is 11.9. The van der Waals surface area contributed by atoms with Gasteiger partial charge in [-0.2, -0.15) is 0 Å². The molecular formula is C20H23N5O2S2. The Kier molecular flexibility index (Phi) is 7.20. The highest BCUT2D eigenvalue weighted by atomic mass is 32.1. The van der Waals surface area contributed by atoms with Crippen LogP contribution in [-0.2, 0) is 6.42 Å². The summed E-state index contributed by atoms with van der Waals surface area (Å²) >= 11 is 2.85. The van der Waals surface area contributed by atoms with Crippen LogP contribution in [0.1, 0.15) is 22.2 Å². The summed E-state index contributed by atoms with van der Waals surface area (Å²) in [6.45, 7) is 3.04. The van der Waals surface area contributed by atoms with E-state index >= 15 is 0 Å². The first-order valence-electron chi connectivity index (χ1n) is 9.13. The number of anilines is 1. The number of carbonyl (C=O) groups excluding carboxylic acids is 1. The predicted octanol–water partition coefficient (Wildman–Crippen LogP) is 3.60. The standard InChI is InChI=1S/C20H23N5O2S2/c1-3-22-18(26)17-9-8-16(29-17)14-12-28-20(24-14)25-19(21)23-11-10-13-6-4-5-7-15(13)27-2/h4-9,12H,3,10-11H2,1-2H3,(H,22,26)(H3,21,23,24,25). The van der Waals surface area contributed by atoms with Gasteiger partial charge in [0.1, 0.15) is 5.75 Å². The second-order valence-corrected chi connectivity index (χ2v) is 7.96. The SMILES string of the molecule is CCNC(=O)c1ccc(-c2csc(NC(N)=NCCc3ccccc3OC)n2)s1. The molecule has 0 saturated heterocycles. The Labute approximate surface area is 177 Å². The molecule has 2 heterocycles. The van der Waals surface area contributed by atoms with Crippen LogP contribution in [0.4, 0.5) is 5.13 Å². The Bertz CT molecular complexity index is 996. The molecule has 2 aromatic heterocycles. The number of guanidine groups is 1. The number of nitrogens with zero attached hydrogens (tertiary/aromatic N) is 2. The van der Waals surface area contributed by atoms with E-state index in [4.69, 9.17) is 10.5 Å². The lowest BCUT2D eigenvalue weighted by molar-refractivity contribution is 0.0960. The van der Waals surface area contributed by atoms with E-state index in [0.717, 1.165) is 28.3 Å². The molecule has 3 rings (SSSR count). The summed E-state index contributed by atoms with van der Waals surface area (Å²) in [5.74, 6) is 1.10. The second kappa shape index (κ2) is 10.0. The van der Waals surface area contributed by atoms with Crippen LogP contribution < -0.4 is 21.1 Å². The summed E-state index contributed by atoms with van der Waals surface area (Å²) in [7, 11) is 1.66. The maximum Gasteiger partial charge on any atom is 0.261 e. The number of ether oxygens (including phenoxy) is 1. The first-order valence-corrected chi connectivity index (χ1v) is 10.8. The van der Waals surface area contributed by atoms with Crippen molar-refractivity contribution < 1.29 is 9.53 Å². The third kappa shape index (κ3) is 5.55. The molecule has 0 unspecified atom stereocenters. The largest absolute Gasteiger partial charge is 0.496 e. The monoisotopic (exact) mass is 429 g/mol. The van der Waals surface area contributed by atoms with Gasteiger partial charge in [-0.3, -0.25) is 9.79 Å². The summed E-state index contributed by atoms with van der Waals surface area (Å²) in [5, 5.41) is 8.41. The molecule has 4 N–H and O–H groups in total. The van der Waals surface area contributed by atoms with Crippen LogP contribution in [0.5, 0.6) is 5.75 Å². The molecule has 0 aliphatic rings. The Morgan fingerprint density at radius 3 is 2.90 bits per heavy atom. The van der Waals surface area contributed by atoms with Crippen molar-refractivity contribution >= 4 is 39.7 Å². The number of thiophene rings is 1. The highest BCUT2D eigenvalue weighted by Crippen LogP contribution is 2.30. The summed E-state index contributed by atoms with van der Waals surface area (Å²) in [6.07, 6.45) is 0.729. The van der Waals surface area contributed by atoms with Crippen molar-refractivity contribution in [3.63, 3.8) is 0 Å². The lowest BCUT2D eigenvalue weighted by Gasteiger charge is -2.06. The molecule has 0 bridgehead atoms. The normalized spacial score (nSPS) is 11.3. The maximum absolute atomic E-state index is 11.9. The number of thiazole rings is 1. The van der Waals surface area contributed by atoms with Gasteiger partial charge in [0.25, 0.3) is 5.91 Å². The molecule has 29 heavy (non-hydrogen) atoms. The fourth-order valence-electron chi connectivity index (χ4n) is 2.64. The van der Waals surface area contributed by atoms with Crippen LogP contribution in [0.2, 0.25) is 0 Å². The third-order valence-corrected chi connectivity index (χ3v) is 5.88. The van der Waals surface area contributed by atoms with Gasteiger partial charge in [0.15, 0.2) is 11.1 Å². The zero-order valence-corrected chi connectivity index (χ0v) is 17.9. The number of rotatable bonds is 8. The van der Waals surface area contributed by atoms with Gasteiger partial charge in [0.05, 0.1) is 22.6 Å². The van der Waals surface area contributed by atoms with E-state index in [1.54, 1.807) is 7.11 Å². The van der Waals surface area contributed by atoms with Crippen LogP contribution in [0.25, 0.3) is 10.6 Å². The highest BCUT2D eigenvalue weighted by molar-refractivity contribution is 7.18. The number of amides is 1. The molecule has 0 radical (unpaired) electrons. The topological polar surface area (TPSA) is 102 Å². The molecule has 0 fully saturated rings. The van der Waals surface area contributed by atoms with Crippen LogP contribution in [0, 0.1) is 0 Å². The van der Waals surface area contributed by atoms with Crippen molar-refractivity contribution in [3.05, 3.63) is 52.2 Å². The summed E-state index contributed by atoms with van der Waals surface area (Å²) in [5.41, 5.74) is 7.88. The predicted molar refractivity (Wildman–Crippen MR) is 120 cm³/mol. The molecule has 7 nitrogen and oxygen atoms in total. The van der Waals surface area contributed by atoms with E-state index in [2.05, 4.69) is 20.6 Å². The number of carbonyl (C=O) groups is 1. The average Bonchev–Trinajstić information content (AvgIpc) is 3.38. The van der Waals surface area contributed by atoms with Gasteiger partial charge in [-0.15, -0.1) is 22.7 Å². The molecule has 1 amide bonds. The first-order chi connectivity index (χ1) is 14.1. The van der Waals surface area contributed by atoms with Gasteiger partial charge < -0.3 is 21.1 Å². The molecule has 0 atom stereocenters. The van der Waals surface area contributed by atoms with Crippen LogP contribution >= 0.6 is 22.7 Å². The van der Waals surface area contributed by atoms with E-state index in [-0.39, 0.29) is 5.91 Å². The van der Waals surface area contributed by atoms with Crippen LogP contribution in [0.3, 0.4) is 0 Å². The van der Waals surface area contributed by atoms with E-state index < -0.39 is 0 Å². The third-order valence-electron chi connectivity index (χ3n) is 4.01. The minimum Gasteiger partial charge on any atom is -0.496 e. The molecule has 0 aliphatic heterocycles. The quantitative estimate of drug-likeness (QED) is 0.375. The van der Waals surface area contributed by atoms with Gasteiger partial charge in [-0.25, -0.2) is 4.98 Å². The Morgan fingerprint density at radius 2 is 2.10 bits per heavy atom. The minimum atomic E-state index is -0.0660. The van der Waals surface area contributed by atoms with Crippen molar-refractivity contribution in [2.24, 2.45) is 10.7 Å². The van der Waals surface area contributed by atoms with Crippen molar-refractivity contribution in [1.82, 2.24) is 10.3 Å². The van der Waals surface area contributed by atoms with Crippen molar-refractivity contribution in [2.45, 2.75) is 13.3 Å². The molecule has 0 aliphatic carbocycles. The van der Waals surface area contributed by atoms with Gasteiger partial charge in [0.2, 0.25) is 0 Å². The molecule has 3 aromatic rings. The van der Waals surface area contributed by atoms with Gasteiger partial charge in [-0.1, -0.05) is 18.2 Å². The summed E-state index contributed by atoms with van der Waals surface area (Å²) in [4.78, 5) is 22.4. The zero-order valence-electron chi connectivity index (χ0n) is 16.3. The molecule has 9 heteroatoms. The van der Waals surface area contributed by atoms with E-state index in [0.29, 0.717) is 29.1 Å². The zero-order chi connectivity index (χ0) is 20.6. The number of hydrogen-bond donors (Lipinski definition) is 3.